The first kappa shape index (κ1) is 31.2. The number of anilines is 1. The number of benzene rings is 3. The third kappa shape index (κ3) is 8.41. The Morgan fingerprint density at radius 3 is 2.00 bits per heavy atom. The van der Waals surface area contributed by atoms with Crippen LogP contribution in [0.2, 0.25) is 0 Å². The maximum Gasteiger partial charge on any atom is 0.408 e. The molecule has 43 heavy (non-hydrogen) atoms. The molecule has 4 rings (SSSR count). The van der Waals surface area contributed by atoms with Gasteiger partial charge in [-0.25, -0.2) is 4.79 Å². The highest BCUT2D eigenvalue weighted by Gasteiger charge is 2.48. The number of alkyl carbamates (subject to hydrolysis) is 1. The van der Waals surface area contributed by atoms with Gasteiger partial charge in [0.25, 0.3) is 5.91 Å². The Hall–Kier alpha value is -4.73. The van der Waals surface area contributed by atoms with Gasteiger partial charge in [0, 0.05) is 18.2 Å². The predicted octanol–water partition coefficient (Wildman–Crippen LogP) is 5.16. The van der Waals surface area contributed by atoms with Crippen LogP contribution < -0.4 is 15.4 Å². The molecule has 0 saturated heterocycles. The molecule has 3 aromatic rings. The largest absolute Gasteiger partial charge is 0.508 e. The van der Waals surface area contributed by atoms with E-state index in [1.807, 2.05) is 6.92 Å². The number of nitrogens with one attached hydrogen (secondary N) is 2. The van der Waals surface area contributed by atoms with Crippen LogP contribution in [0.25, 0.3) is 0 Å². The second-order valence-corrected chi connectivity index (χ2v) is 11.8. The highest BCUT2D eigenvalue weighted by atomic mass is 16.6. The number of hydrogen-bond acceptors (Lipinski definition) is 7. The minimum absolute atomic E-state index is 0.0209. The van der Waals surface area contributed by atoms with Gasteiger partial charge in [-0.2, -0.15) is 0 Å². The SMILES string of the molecule is COc1ccc(NC(=O)C(c2ccc(O)cc2)N(C(=O)C(Cc2ccc(O)cc2)NC(=O)OC(C)(C)C)C2CC2C)cc1. The Kier molecular flexibility index (Phi) is 9.48. The first-order chi connectivity index (χ1) is 20.3. The molecule has 1 saturated carbocycles. The van der Waals surface area contributed by atoms with Crippen LogP contribution in [0.1, 0.15) is 51.3 Å². The molecule has 228 valence electrons. The molecule has 4 atom stereocenters. The smallest absolute Gasteiger partial charge is 0.408 e. The van der Waals surface area contributed by atoms with Crippen molar-refractivity contribution in [2.24, 2.45) is 5.92 Å². The van der Waals surface area contributed by atoms with Crippen LogP contribution in [0.3, 0.4) is 0 Å². The van der Waals surface area contributed by atoms with Gasteiger partial charge in [-0.05, 0) is 92.8 Å². The first-order valence-electron chi connectivity index (χ1n) is 14.2. The molecule has 10 nitrogen and oxygen atoms in total. The van der Waals surface area contributed by atoms with Crippen LogP contribution >= 0.6 is 0 Å². The van der Waals surface area contributed by atoms with Crippen molar-refractivity contribution in [3.05, 3.63) is 83.9 Å². The summed E-state index contributed by atoms with van der Waals surface area (Å²) in [4.78, 5) is 43.0. The summed E-state index contributed by atoms with van der Waals surface area (Å²) >= 11 is 0. The van der Waals surface area contributed by atoms with E-state index < -0.39 is 35.6 Å². The molecule has 1 aliphatic rings. The van der Waals surface area contributed by atoms with Crippen LogP contribution in [-0.2, 0) is 20.7 Å². The van der Waals surface area contributed by atoms with E-state index in [-0.39, 0.29) is 29.9 Å². The number of nitrogens with zero attached hydrogens (tertiary/aromatic N) is 1. The molecule has 3 amide bonds. The van der Waals surface area contributed by atoms with Crippen LogP contribution in [0, 0.1) is 5.92 Å². The number of ether oxygens (including phenoxy) is 2. The topological polar surface area (TPSA) is 137 Å². The summed E-state index contributed by atoms with van der Waals surface area (Å²) < 4.78 is 10.7. The number of carbonyl (C=O) groups is 3. The zero-order valence-corrected chi connectivity index (χ0v) is 25.0. The standard InChI is InChI=1S/C33H39N3O7/c1-20-18-28(20)36(31(40)27(35-32(41)43-33(2,3)4)19-21-6-12-24(37)13-7-21)29(22-8-14-25(38)15-9-22)30(39)34-23-10-16-26(42-5)17-11-23/h6-17,20,27-29,37-38H,18-19H2,1-5H3,(H,34,39)(H,35,41). The molecule has 10 heteroatoms. The normalized spacial score (nSPS) is 17.2. The van der Waals surface area contributed by atoms with E-state index in [2.05, 4.69) is 10.6 Å². The van der Waals surface area contributed by atoms with Crippen molar-refractivity contribution >= 4 is 23.6 Å². The Labute approximate surface area is 251 Å². The van der Waals surface area contributed by atoms with Crippen LogP contribution in [-0.4, -0.2) is 57.8 Å². The molecule has 0 aliphatic heterocycles. The van der Waals surface area contributed by atoms with Gasteiger partial charge in [0.15, 0.2) is 0 Å². The average molecular weight is 590 g/mol. The minimum Gasteiger partial charge on any atom is -0.508 e. The van der Waals surface area contributed by atoms with Crippen molar-refractivity contribution in [2.45, 2.75) is 64.3 Å². The number of carbonyl (C=O) groups excluding carboxylic acids is 3. The first-order valence-corrected chi connectivity index (χ1v) is 14.2. The van der Waals surface area contributed by atoms with E-state index in [0.717, 1.165) is 0 Å². The second-order valence-electron chi connectivity index (χ2n) is 11.8. The van der Waals surface area contributed by atoms with Crippen molar-refractivity contribution < 1.29 is 34.1 Å². The molecule has 0 spiro atoms. The van der Waals surface area contributed by atoms with E-state index in [1.165, 1.54) is 24.3 Å². The summed E-state index contributed by atoms with van der Waals surface area (Å²) in [5.74, 6) is -0.0781. The third-order valence-electron chi connectivity index (χ3n) is 7.14. The summed E-state index contributed by atoms with van der Waals surface area (Å²) in [7, 11) is 1.55. The lowest BCUT2D eigenvalue weighted by Crippen LogP contribution is -2.54. The van der Waals surface area contributed by atoms with E-state index in [0.29, 0.717) is 29.0 Å². The highest BCUT2D eigenvalue weighted by molar-refractivity contribution is 5.99. The Morgan fingerprint density at radius 1 is 0.930 bits per heavy atom. The molecular weight excluding hydrogens is 550 g/mol. The van der Waals surface area contributed by atoms with Gasteiger partial charge < -0.3 is 35.2 Å². The molecule has 4 unspecified atom stereocenters. The molecule has 0 heterocycles. The summed E-state index contributed by atoms with van der Waals surface area (Å²) in [6, 6.07) is 16.9. The van der Waals surface area contributed by atoms with Crippen molar-refractivity contribution in [1.82, 2.24) is 10.2 Å². The molecule has 0 aromatic heterocycles. The van der Waals surface area contributed by atoms with Crippen LogP contribution in [0.5, 0.6) is 17.2 Å². The van der Waals surface area contributed by atoms with E-state index in [1.54, 1.807) is 81.3 Å². The zero-order chi connectivity index (χ0) is 31.3. The van der Waals surface area contributed by atoms with Crippen LogP contribution in [0.4, 0.5) is 10.5 Å². The number of amides is 3. The van der Waals surface area contributed by atoms with Gasteiger partial charge in [0.1, 0.15) is 34.9 Å². The van der Waals surface area contributed by atoms with Crippen molar-refractivity contribution in [3.8, 4) is 17.2 Å². The minimum atomic E-state index is -1.08. The fourth-order valence-corrected chi connectivity index (χ4v) is 4.85. The van der Waals surface area contributed by atoms with E-state index in [9.17, 15) is 24.6 Å². The molecule has 0 bridgehead atoms. The van der Waals surface area contributed by atoms with E-state index in [4.69, 9.17) is 9.47 Å². The van der Waals surface area contributed by atoms with Gasteiger partial charge in [0.2, 0.25) is 5.91 Å². The number of phenols is 2. The fraction of sp³-hybridized carbons (Fsp3) is 0.364. The van der Waals surface area contributed by atoms with Gasteiger partial charge in [0.05, 0.1) is 7.11 Å². The molecular formula is C33H39N3O7. The van der Waals surface area contributed by atoms with E-state index >= 15 is 0 Å². The van der Waals surface area contributed by atoms with Crippen molar-refractivity contribution in [2.75, 3.05) is 12.4 Å². The quantitative estimate of drug-likeness (QED) is 0.256. The van der Waals surface area contributed by atoms with Crippen molar-refractivity contribution in [3.63, 3.8) is 0 Å². The summed E-state index contributed by atoms with van der Waals surface area (Å²) in [5.41, 5.74) is 0.906. The maximum atomic E-state index is 14.5. The predicted molar refractivity (Wildman–Crippen MR) is 162 cm³/mol. The fourth-order valence-electron chi connectivity index (χ4n) is 4.85. The molecule has 0 radical (unpaired) electrons. The van der Waals surface area contributed by atoms with Gasteiger partial charge >= 0.3 is 6.09 Å². The third-order valence-corrected chi connectivity index (χ3v) is 7.14. The maximum absolute atomic E-state index is 14.5. The molecule has 4 N–H and O–H groups in total. The van der Waals surface area contributed by atoms with Crippen molar-refractivity contribution in [1.29, 1.82) is 0 Å². The highest BCUT2D eigenvalue weighted by Crippen LogP contribution is 2.41. The van der Waals surface area contributed by atoms with Crippen LogP contribution in [0.15, 0.2) is 72.8 Å². The summed E-state index contributed by atoms with van der Waals surface area (Å²) in [6.07, 6.45) is 0.00430. The number of methoxy groups -OCH3 is 1. The van der Waals surface area contributed by atoms with Gasteiger partial charge in [-0.1, -0.05) is 31.2 Å². The zero-order valence-electron chi connectivity index (χ0n) is 25.0. The molecule has 1 aliphatic carbocycles. The lowest BCUT2D eigenvalue weighted by atomic mass is 9.99. The molecule has 3 aromatic carbocycles. The Bertz CT molecular complexity index is 1420. The Balaban J connectivity index is 1.73. The summed E-state index contributed by atoms with van der Waals surface area (Å²) in [5, 5.41) is 25.4. The van der Waals surface area contributed by atoms with Gasteiger partial charge in [-0.3, -0.25) is 9.59 Å². The average Bonchev–Trinajstić information content (AvgIpc) is 3.67. The summed E-state index contributed by atoms with van der Waals surface area (Å²) in [6.45, 7) is 7.18. The molecule has 1 fully saturated rings. The number of aromatic hydroxyl groups is 2. The lowest BCUT2D eigenvalue weighted by Gasteiger charge is -2.35. The number of hydrogen-bond donors (Lipinski definition) is 4. The second kappa shape index (κ2) is 13.1. The lowest BCUT2D eigenvalue weighted by molar-refractivity contribution is -0.141. The number of rotatable bonds is 10. The number of phenolic OH excluding ortho intramolecular Hbond substituents is 2. The van der Waals surface area contributed by atoms with Gasteiger partial charge in [-0.15, -0.1) is 0 Å². The monoisotopic (exact) mass is 589 g/mol. The Morgan fingerprint density at radius 2 is 1.49 bits per heavy atom.